The quantitative estimate of drug-likeness (QED) is 0.751. The summed E-state index contributed by atoms with van der Waals surface area (Å²) < 4.78 is 2.06. The topological polar surface area (TPSA) is 41.3 Å². The maximum absolute atomic E-state index is 10.6. The molecule has 0 radical (unpaired) electrons. The van der Waals surface area contributed by atoms with E-state index < -0.39 is 6.10 Å². The number of rotatable bonds is 5. The van der Waals surface area contributed by atoms with Crippen LogP contribution in [0.1, 0.15) is 35.0 Å². The number of benzene rings is 2. The molecule has 0 saturated carbocycles. The van der Waals surface area contributed by atoms with Crippen LogP contribution in [0.4, 0.5) is 0 Å². The predicted molar refractivity (Wildman–Crippen MR) is 108 cm³/mol. The molecule has 3 aromatic rings. The van der Waals surface area contributed by atoms with Crippen molar-refractivity contribution in [1.82, 2.24) is 14.7 Å². The Balaban J connectivity index is 1.44. The summed E-state index contributed by atoms with van der Waals surface area (Å²) in [6.45, 7) is 3.72. The highest BCUT2D eigenvalue weighted by atomic mass is 16.3. The van der Waals surface area contributed by atoms with E-state index in [-0.39, 0.29) is 0 Å². The van der Waals surface area contributed by atoms with Crippen molar-refractivity contribution in [3.8, 4) is 0 Å². The van der Waals surface area contributed by atoms with Crippen molar-refractivity contribution in [3.63, 3.8) is 0 Å². The average Bonchev–Trinajstić information content (AvgIpc) is 3.01. The summed E-state index contributed by atoms with van der Waals surface area (Å²) >= 11 is 0. The fraction of sp³-hybridized carbons (Fsp3) is 0.261. The fourth-order valence-corrected chi connectivity index (χ4v) is 3.55. The normalized spacial score (nSPS) is 16.2. The third-order valence-electron chi connectivity index (χ3n) is 4.98. The summed E-state index contributed by atoms with van der Waals surface area (Å²) in [7, 11) is 0. The molecule has 1 aliphatic rings. The molecule has 27 heavy (non-hydrogen) atoms. The van der Waals surface area contributed by atoms with E-state index in [1.165, 1.54) is 11.3 Å². The van der Waals surface area contributed by atoms with Crippen molar-refractivity contribution >= 4 is 6.08 Å². The summed E-state index contributed by atoms with van der Waals surface area (Å²) in [5.74, 6) is 0. The highest BCUT2D eigenvalue weighted by Gasteiger charge is 2.20. The first kappa shape index (κ1) is 17.7. The Bertz CT molecular complexity index is 887. The Morgan fingerprint density at radius 2 is 1.74 bits per heavy atom. The number of hydrogen-bond acceptors (Lipinski definition) is 3. The van der Waals surface area contributed by atoms with E-state index in [1.807, 2.05) is 36.4 Å². The van der Waals surface area contributed by atoms with Crippen LogP contribution in [0.15, 0.2) is 72.8 Å². The van der Waals surface area contributed by atoms with Gasteiger partial charge >= 0.3 is 0 Å². The molecule has 0 fully saturated rings. The van der Waals surface area contributed by atoms with E-state index in [2.05, 4.69) is 57.2 Å². The number of aryl methyl sites for hydroxylation is 1. The highest BCUT2D eigenvalue weighted by Crippen LogP contribution is 2.23. The molecular formula is C23H25N3O. The van der Waals surface area contributed by atoms with Crippen molar-refractivity contribution in [3.05, 3.63) is 95.3 Å². The van der Waals surface area contributed by atoms with E-state index >= 15 is 0 Å². The lowest BCUT2D eigenvalue weighted by molar-refractivity contribution is 0.214. The van der Waals surface area contributed by atoms with Gasteiger partial charge in [-0.3, -0.25) is 9.58 Å². The van der Waals surface area contributed by atoms with Crippen LogP contribution in [0, 0.1) is 0 Å². The molecule has 0 unspecified atom stereocenters. The Kier molecular flexibility index (Phi) is 5.47. The van der Waals surface area contributed by atoms with E-state index in [9.17, 15) is 5.11 Å². The van der Waals surface area contributed by atoms with Gasteiger partial charge in [-0.15, -0.1) is 0 Å². The van der Waals surface area contributed by atoms with E-state index in [0.29, 0.717) is 0 Å². The molecular weight excluding hydrogens is 334 g/mol. The van der Waals surface area contributed by atoms with Crippen LogP contribution in [-0.4, -0.2) is 32.9 Å². The molecule has 138 valence electrons. The maximum atomic E-state index is 10.6. The van der Waals surface area contributed by atoms with Crippen LogP contribution in [0.2, 0.25) is 0 Å². The number of aliphatic hydroxyl groups is 1. The van der Waals surface area contributed by atoms with Crippen LogP contribution < -0.4 is 0 Å². The van der Waals surface area contributed by atoms with E-state index in [1.54, 1.807) is 0 Å². The summed E-state index contributed by atoms with van der Waals surface area (Å²) in [4.78, 5) is 2.43. The molecule has 1 N–H and O–H groups in total. The van der Waals surface area contributed by atoms with Gasteiger partial charge in [0.2, 0.25) is 0 Å². The van der Waals surface area contributed by atoms with Gasteiger partial charge in [0.05, 0.1) is 11.4 Å². The zero-order valence-corrected chi connectivity index (χ0v) is 15.4. The molecule has 4 nitrogen and oxygen atoms in total. The van der Waals surface area contributed by atoms with Crippen molar-refractivity contribution in [1.29, 1.82) is 0 Å². The third-order valence-corrected chi connectivity index (χ3v) is 4.98. The Morgan fingerprint density at radius 1 is 1.00 bits per heavy atom. The minimum atomic E-state index is -0.669. The SMILES string of the molecule is O[C@@H](c1ccccc1)c1cc2n(n1)CCCN(C/C=C/c1ccccc1)C2. The second-order valence-corrected chi connectivity index (χ2v) is 7.00. The molecule has 0 saturated heterocycles. The van der Waals surface area contributed by atoms with Gasteiger partial charge in [-0.05, 0) is 23.6 Å². The number of aliphatic hydroxyl groups excluding tert-OH is 1. The molecule has 1 atom stereocenters. The van der Waals surface area contributed by atoms with Crippen LogP contribution in [-0.2, 0) is 13.1 Å². The Hall–Kier alpha value is -2.69. The summed E-state index contributed by atoms with van der Waals surface area (Å²) in [6.07, 6.45) is 4.79. The summed E-state index contributed by atoms with van der Waals surface area (Å²) in [5, 5.41) is 15.3. The Morgan fingerprint density at radius 3 is 2.52 bits per heavy atom. The summed E-state index contributed by atoms with van der Waals surface area (Å²) in [6, 6.07) is 22.2. The smallest absolute Gasteiger partial charge is 0.123 e. The van der Waals surface area contributed by atoms with Crippen LogP contribution in [0.5, 0.6) is 0 Å². The first-order chi connectivity index (χ1) is 13.3. The number of fused-ring (bicyclic) bond motifs is 1. The van der Waals surface area contributed by atoms with Crippen LogP contribution in [0.3, 0.4) is 0 Å². The lowest BCUT2D eigenvalue weighted by Crippen LogP contribution is -2.23. The van der Waals surface area contributed by atoms with Gasteiger partial charge in [0.1, 0.15) is 6.10 Å². The zero-order chi connectivity index (χ0) is 18.5. The monoisotopic (exact) mass is 359 g/mol. The molecule has 4 heteroatoms. The van der Waals surface area contributed by atoms with Crippen LogP contribution >= 0.6 is 0 Å². The van der Waals surface area contributed by atoms with Crippen molar-refractivity contribution in [2.75, 3.05) is 13.1 Å². The molecule has 0 bridgehead atoms. The van der Waals surface area contributed by atoms with Gasteiger partial charge in [0, 0.05) is 26.2 Å². The predicted octanol–water partition coefficient (Wildman–Crippen LogP) is 3.88. The first-order valence-electron chi connectivity index (χ1n) is 9.53. The minimum Gasteiger partial charge on any atom is -0.382 e. The average molecular weight is 359 g/mol. The molecule has 4 rings (SSSR count). The number of nitrogens with zero attached hydrogens (tertiary/aromatic N) is 3. The third kappa shape index (κ3) is 4.35. The molecule has 2 heterocycles. The van der Waals surface area contributed by atoms with E-state index in [0.717, 1.165) is 43.9 Å². The molecule has 1 aliphatic heterocycles. The number of aromatic nitrogens is 2. The van der Waals surface area contributed by atoms with Gasteiger partial charge in [-0.1, -0.05) is 72.8 Å². The van der Waals surface area contributed by atoms with Gasteiger partial charge in [-0.2, -0.15) is 5.10 Å². The van der Waals surface area contributed by atoms with Crippen molar-refractivity contribution in [2.24, 2.45) is 0 Å². The molecule has 0 amide bonds. The van der Waals surface area contributed by atoms with Gasteiger partial charge in [0.15, 0.2) is 0 Å². The van der Waals surface area contributed by atoms with Crippen molar-refractivity contribution < 1.29 is 5.11 Å². The standard InChI is InChI=1S/C23H25N3O/c27-23(20-12-5-2-6-13-20)22-17-21-18-25(15-8-16-26(21)24-22)14-7-11-19-9-3-1-4-10-19/h1-7,9-13,17,23,27H,8,14-16,18H2/b11-7+/t23-/m0/s1. The fourth-order valence-electron chi connectivity index (χ4n) is 3.55. The van der Waals surface area contributed by atoms with Gasteiger partial charge < -0.3 is 5.11 Å². The molecule has 1 aromatic heterocycles. The van der Waals surface area contributed by atoms with E-state index in [4.69, 9.17) is 0 Å². The molecule has 0 aliphatic carbocycles. The largest absolute Gasteiger partial charge is 0.382 e. The molecule has 0 spiro atoms. The molecule has 2 aromatic carbocycles. The maximum Gasteiger partial charge on any atom is 0.123 e. The first-order valence-corrected chi connectivity index (χ1v) is 9.53. The van der Waals surface area contributed by atoms with Crippen molar-refractivity contribution in [2.45, 2.75) is 25.6 Å². The van der Waals surface area contributed by atoms with Gasteiger partial charge in [0.25, 0.3) is 0 Å². The lowest BCUT2D eigenvalue weighted by Gasteiger charge is -2.17. The number of hydrogen-bond donors (Lipinski definition) is 1. The highest BCUT2D eigenvalue weighted by molar-refractivity contribution is 5.48. The van der Waals surface area contributed by atoms with Crippen LogP contribution in [0.25, 0.3) is 6.08 Å². The summed E-state index contributed by atoms with van der Waals surface area (Å²) in [5.41, 5.74) is 4.02. The van der Waals surface area contributed by atoms with Gasteiger partial charge in [-0.25, -0.2) is 0 Å². The second kappa shape index (κ2) is 8.33. The zero-order valence-electron chi connectivity index (χ0n) is 15.4. The Labute approximate surface area is 160 Å². The lowest BCUT2D eigenvalue weighted by atomic mass is 10.1. The minimum absolute atomic E-state index is 0.669. The second-order valence-electron chi connectivity index (χ2n) is 7.00.